The molecule has 1 saturated heterocycles. The molecule has 1 fully saturated rings. The highest BCUT2D eigenvalue weighted by Crippen LogP contribution is 2.35. The molecule has 0 aliphatic carbocycles. The van der Waals surface area contributed by atoms with Gasteiger partial charge in [-0.2, -0.15) is 0 Å². The molecular weight excluding hydrogens is 358 g/mol. The smallest absolute Gasteiger partial charge is 0.293 e. The van der Waals surface area contributed by atoms with E-state index >= 15 is 0 Å². The van der Waals surface area contributed by atoms with Crippen molar-refractivity contribution in [1.29, 1.82) is 0 Å². The number of ether oxygens (including phenoxy) is 1. The van der Waals surface area contributed by atoms with Crippen molar-refractivity contribution in [3.8, 4) is 5.75 Å². The second kappa shape index (κ2) is 8.44. The first kappa shape index (κ1) is 19.2. The number of imide groups is 1. The van der Waals surface area contributed by atoms with Crippen LogP contribution in [0.1, 0.15) is 37.0 Å². The van der Waals surface area contributed by atoms with E-state index < -0.39 is 0 Å². The second-order valence-electron chi connectivity index (χ2n) is 6.63. The number of aryl methyl sites for hydroxylation is 1. The Morgan fingerprint density at radius 2 is 1.93 bits per heavy atom. The summed E-state index contributed by atoms with van der Waals surface area (Å²) in [5.74, 6) is 0.460. The van der Waals surface area contributed by atoms with Crippen LogP contribution in [0.15, 0.2) is 53.4 Å². The molecule has 2 aromatic carbocycles. The Morgan fingerprint density at radius 3 is 2.67 bits per heavy atom. The first-order valence-corrected chi connectivity index (χ1v) is 9.86. The first-order valence-electron chi connectivity index (χ1n) is 9.04. The van der Waals surface area contributed by atoms with Crippen LogP contribution in [0, 0.1) is 6.92 Å². The van der Waals surface area contributed by atoms with Crippen molar-refractivity contribution in [3.63, 3.8) is 0 Å². The van der Waals surface area contributed by atoms with Gasteiger partial charge in [-0.25, -0.2) is 0 Å². The topological polar surface area (TPSA) is 46.6 Å². The molecule has 0 saturated carbocycles. The maximum Gasteiger partial charge on any atom is 0.293 e. The van der Waals surface area contributed by atoms with Gasteiger partial charge in [0.2, 0.25) is 0 Å². The number of para-hydroxylation sites is 1. The highest BCUT2D eigenvalue weighted by molar-refractivity contribution is 8.18. The number of rotatable bonds is 6. The number of thioether (sulfide) groups is 1. The van der Waals surface area contributed by atoms with Gasteiger partial charge in [0, 0.05) is 5.56 Å². The minimum Gasteiger partial charge on any atom is -0.490 e. The Hall–Kier alpha value is -2.53. The molecule has 140 valence electrons. The van der Waals surface area contributed by atoms with Crippen molar-refractivity contribution in [1.82, 2.24) is 4.90 Å². The van der Waals surface area contributed by atoms with Gasteiger partial charge in [0.15, 0.2) is 0 Å². The number of hydrogen-bond donors (Lipinski definition) is 0. The standard InChI is InChI=1S/C22H23NO3S/c1-4-16(3)26-19-11-6-5-10-18(19)13-20-21(24)23(22(25)27-20)14-17-9-7-8-15(2)12-17/h5-13,16H,4,14H2,1-3H3/b20-13+/t16-/m1/s1. The van der Waals surface area contributed by atoms with Crippen molar-refractivity contribution in [2.75, 3.05) is 0 Å². The van der Waals surface area contributed by atoms with Crippen LogP contribution in [0.5, 0.6) is 5.75 Å². The Morgan fingerprint density at radius 1 is 1.15 bits per heavy atom. The van der Waals surface area contributed by atoms with Crippen molar-refractivity contribution in [3.05, 3.63) is 70.1 Å². The van der Waals surface area contributed by atoms with E-state index in [9.17, 15) is 9.59 Å². The predicted molar refractivity (Wildman–Crippen MR) is 110 cm³/mol. The van der Waals surface area contributed by atoms with Crippen LogP contribution >= 0.6 is 11.8 Å². The van der Waals surface area contributed by atoms with E-state index in [4.69, 9.17) is 4.74 Å². The van der Waals surface area contributed by atoms with Gasteiger partial charge in [0.1, 0.15) is 5.75 Å². The molecule has 0 unspecified atom stereocenters. The van der Waals surface area contributed by atoms with E-state index in [1.165, 1.54) is 4.90 Å². The molecule has 2 aromatic rings. The van der Waals surface area contributed by atoms with Gasteiger partial charge in [0.05, 0.1) is 17.6 Å². The molecule has 0 aromatic heterocycles. The molecule has 3 rings (SSSR count). The fourth-order valence-electron chi connectivity index (χ4n) is 2.78. The maximum absolute atomic E-state index is 12.8. The van der Waals surface area contributed by atoms with E-state index in [1.54, 1.807) is 6.08 Å². The van der Waals surface area contributed by atoms with Gasteiger partial charge >= 0.3 is 0 Å². The van der Waals surface area contributed by atoms with Gasteiger partial charge in [-0.3, -0.25) is 14.5 Å². The lowest BCUT2D eigenvalue weighted by atomic mass is 10.1. The number of carbonyl (C=O) groups excluding carboxylic acids is 2. The zero-order valence-corrected chi connectivity index (χ0v) is 16.6. The summed E-state index contributed by atoms with van der Waals surface area (Å²) in [5, 5.41) is -0.243. The van der Waals surface area contributed by atoms with Crippen molar-refractivity contribution >= 4 is 29.0 Å². The monoisotopic (exact) mass is 381 g/mol. The summed E-state index contributed by atoms with van der Waals surface area (Å²) < 4.78 is 5.94. The lowest BCUT2D eigenvalue weighted by Crippen LogP contribution is -2.27. The van der Waals surface area contributed by atoms with Crippen LogP contribution in [0.3, 0.4) is 0 Å². The Bertz CT molecular complexity index is 891. The molecule has 1 atom stereocenters. The molecule has 4 nitrogen and oxygen atoms in total. The number of nitrogens with zero attached hydrogens (tertiary/aromatic N) is 1. The minimum absolute atomic E-state index is 0.0796. The van der Waals surface area contributed by atoms with Crippen molar-refractivity contribution < 1.29 is 14.3 Å². The average molecular weight is 381 g/mol. The van der Waals surface area contributed by atoms with Gasteiger partial charge in [0.25, 0.3) is 11.1 Å². The van der Waals surface area contributed by atoms with Gasteiger partial charge in [-0.15, -0.1) is 0 Å². The van der Waals surface area contributed by atoms with Crippen LogP contribution in [-0.2, 0) is 11.3 Å². The summed E-state index contributed by atoms with van der Waals surface area (Å²) in [5.41, 5.74) is 2.85. The third-order valence-electron chi connectivity index (χ3n) is 4.41. The molecule has 0 bridgehead atoms. The third kappa shape index (κ3) is 4.61. The first-order chi connectivity index (χ1) is 13.0. The summed E-state index contributed by atoms with van der Waals surface area (Å²) in [6.45, 7) is 6.34. The highest BCUT2D eigenvalue weighted by Gasteiger charge is 2.35. The van der Waals surface area contributed by atoms with Crippen LogP contribution in [0.25, 0.3) is 6.08 Å². The van der Waals surface area contributed by atoms with Gasteiger partial charge in [-0.1, -0.05) is 55.0 Å². The largest absolute Gasteiger partial charge is 0.490 e. The number of carbonyl (C=O) groups is 2. The quantitative estimate of drug-likeness (QED) is 0.628. The zero-order valence-electron chi connectivity index (χ0n) is 15.8. The highest BCUT2D eigenvalue weighted by atomic mass is 32.2. The van der Waals surface area contributed by atoms with E-state index in [0.29, 0.717) is 4.91 Å². The van der Waals surface area contributed by atoms with E-state index in [2.05, 4.69) is 6.92 Å². The van der Waals surface area contributed by atoms with Crippen molar-refractivity contribution in [2.45, 2.75) is 39.8 Å². The van der Waals surface area contributed by atoms with E-state index in [0.717, 1.165) is 40.6 Å². The molecule has 1 heterocycles. The summed E-state index contributed by atoms with van der Waals surface area (Å²) in [6, 6.07) is 15.4. The predicted octanol–water partition coefficient (Wildman–Crippen LogP) is 5.41. The Kier molecular flexibility index (Phi) is 6.01. The molecule has 1 aliphatic rings. The van der Waals surface area contributed by atoms with Crippen LogP contribution in [0.2, 0.25) is 0 Å². The molecule has 0 spiro atoms. The van der Waals surface area contributed by atoms with E-state index in [-0.39, 0.29) is 23.8 Å². The maximum atomic E-state index is 12.8. The minimum atomic E-state index is -0.259. The zero-order chi connectivity index (χ0) is 19.4. The van der Waals surface area contributed by atoms with Crippen LogP contribution in [-0.4, -0.2) is 22.2 Å². The summed E-state index contributed by atoms with van der Waals surface area (Å²) in [4.78, 5) is 26.9. The fraction of sp³-hybridized carbons (Fsp3) is 0.273. The Labute approximate surface area is 164 Å². The number of hydrogen-bond acceptors (Lipinski definition) is 4. The van der Waals surface area contributed by atoms with Crippen molar-refractivity contribution in [2.24, 2.45) is 0 Å². The molecule has 0 radical (unpaired) electrons. The van der Waals surface area contributed by atoms with Gasteiger partial charge < -0.3 is 4.74 Å². The lowest BCUT2D eigenvalue weighted by molar-refractivity contribution is -0.123. The summed E-state index contributed by atoms with van der Waals surface area (Å²) in [7, 11) is 0. The molecule has 5 heteroatoms. The summed E-state index contributed by atoms with van der Waals surface area (Å²) >= 11 is 0.976. The molecule has 0 N–H and O–H groups in total. The number of benzene rings is 2. The molecular formula is C22H23NO3S. The fourth-order valence-corrected chi connectivity index (χ4v) is 3.61. The molecule has 2 amide bonds. The number of amides is 2. The second-order valence-corrected chi connectivity index (χ2v) is 7.62. The van der Waals surface area contributed by atoms with Crippen LogP contribution in [0.4, 0.5) is 4.79 Å². The van der Waals surface area contributed by atoms with Crippen LogP contribution < -0.4 is 4.74 Å². The normalized spacial score (nSPS) is 16.9. The Balaban J connectivity index is 1.82. The third-order valence-corrected chi connectivity index (χ3v) is 5.31. The lowest BCUT2D eigenvalue weighted by Gasteiger charge is -2.15. The molecule has 1 aliphatic heterocycles. The molecule has 27 heavy (non-hydrogen) atoms. The van der Waals surface area contributed by atoms with E-state index in [1.807, 2.05) is 62.4 Å². The SMILES string of the molecule is CC[C@@H](C)Oc1ccccc1/C=C1/SC(=O)N(Cc2cccc(C)c2)C1=O. The van der Waals surface area contributed by atoms with Gasteiger partial charge in [-0.05, 0) is 49.7 Å². The summed E-state index contributed by atoms with van der Waals surface area (Å²) in [6.07, 6.45) is 2.72. The average Bonchev–Trinajstić information content (AvgIpc) is 2.91.